The van der Waals surface area contributed by atoms with Gasteiger partial charge in [0.05, 0.1) is 10.7 Å². The molecule has 2 rings (SSSR count). The lowest BCUT2D eigenvalue weighted by molar-refractivity contribution is 0.108. The van der Waals surface area contributed by atoms with Crippen molar-refractivity contribution in [1.82, 2.24) is 14.9 Å². The Morgan fingerprint density at radius 3 is 2.79 bits per heavy atom. The average Bonchev–Trinajstić information content (AvgIpc) is 2.05. The molecule has 1 aliphatic rings. The topological polar surface area (TPSA) is 29.0 Å². The maximum Gasteiger partial charge on any atom is 0.115 e. The van der Waals surface area contributed by atoms with Crippen LogP contribution in [0.4, 0.5) is 0 Å². The van der Waals surface area contributed by atoms with E-state index in [1.54, 1.807) is 12.5 Å². The third kappa shape index (κ3) is 1.74. The zero-order chi connectivity index (χ0) is 10.1. The Labute approximate surface area is 89.1 Å². The fourth-order valence-corrected chi connectivity index (χ4v) is 1.99. The quantitative estimate of drug-likeness (QED) is 0.749. The Morgan fingerprint density at radius 1 is 1.50 bits per heavy atom. The van der Waals surface area contributed by atoms with E-state index in [0.29, 0.717) is 17.0 Å². The van der Waals surface area contributed by atoms with Crippen LogP contribution in [0.25, 0.3) is 0 Å². The van der Waals surface area contributed by atoms with E-state index >= 15 is 0 Å². The van der Waals surface area contributed by atoms with Crippen molar-refractivity contribution in [3.8, 4) is 0 Å². The van der Waals surface area contributed by atoms with Gasteiger partial charge in [0.2, 0.25) is 0 Å². The van der Waals surface area contributed by atoms with Crippen LogP contribution in [0, 0.1) is 0 Å². The first kappa shape index (κ1) is 9.87. The molecule has 0 bridgehead atoms. The van der Waals surface area contributed by atoms with Crippen molar-refractivity contribution < 1.29 is 0 Å². The van der Waals surface area contributed by atoms with Crippen molar-refractivity contribution in [2.75, 3.05) is 13.1 Å². The molecule has 0 aromatic carbocycles. The van der Waals surface area contributed by atoms with Crippen molar-refractivity contribution in [3.05, 3.63) is 23.2 Å². The Hall–Kier alpha value is -0.670. The number of hydrogen-bond donors (Lipinski definition) is 0. The van der Waals surface area contributed by atoms with Crippen LogP contribution in [0.3, 0.4) is 0 Å². The monoisotopic (exact) mass is 211 g/mol. The van der Waals surface area contributed by atoms with Gasteiger partial charge >= 0.3 is 0 Å². The lowest BCUT2D eigenvalue weighted by atomic mass is 9.94. The van der Waals surface area contributed by atoms with Crippen molar-refractivity contribution in [1.29, 1.82) is 0 Å². The molecular weight excluding hydrogens is 198 g/mol. The summed E-state index contributed by atoms with van der Waals surface area (Å²) in [4.78, 5) is 10.5. The fraction of sp³-hybridized carbons (Fsp3) is 0.600. The maximum atomic E-state index is 6.02. The number of likely N-dealkylation sites (tertiary alicyclic amines) is 1. The first-order valence-corrected chi connectivity index (χ1v) is 5.25. The zero-order valence-electron chi connectivity index (χ0n) is 8.44. The standard InChI is InChI=1S/C10H14ClN3/c1-7(2)14-4-8(5-14)10-9(11)3-12-6-13-10/h3,6-8H,4-5H2,1-2H3. The fourth-order valence-electron chi connectivity index (χ4n) is 1.73. The lowest BCUT2D eigenvalue weighted by Gasteiger charge is -2.41. The summed E-state index contributed by atoms with van der Waals surface area (Å²) in [6.07, 6.45) is 3.24. The molecule has 1 aliphatic heterocycles. The van der Waals surface area contributed by atoms with Crippen LogP contribution in [0.2, 0.25) is 5.02 Å². The molecule has 1 fully saturated rings. The van der Waals surface area contributed by atoms with E-state index in [4.69, 9.17) is 11.6 Å². The normalized spacial score (nSPS) is 18.6. The minimum Gasteiger partial charge on any atom is -0.300 e. The van der Waals surface area contributed by atoms with Gasteiger partial charge in [0.25, 0.3) is 0 Å². The summed E-state index contributed by atoms with van der Waals surface area (Å²) < 4.78 is 0. The van der Waals surface area contributed by atoms with E-state index < -0.39 is 0 Å². The van der Waals surface area contributed by atoms with E-state index in [2.05, 4.69) is 28.7 Å². The second kappa shape index (κ2) is 3.83. The van der Waals surface area contributed by atoms with Gasteiger partial charge in [-0.1, -0.05) is 11.6 Å². The molecular formula is C10H14ClN3. The molecule has 0 radical (unpaired) electrons. The maximum absolute atomic E-state index is 6.02. The van der Waals surface area contributed by atoms with Crippen LogP contribution in [0.1, 0.15) is 25.5 Å². The number of nitrogens with zero attached hydrogens (tertiary/aromatic N) is 3. The zero-order valence-corrected chi connectivity index (χ0v) is 9.20. The molecule has 1 saturated heterocycles. The van der Waals surface area contributed by atoms with Crippen LogP contribution in [-0.2, 0) is 0 Å². The Kier molecular flexibility index (Phi) is 2.70. The molecule has 0 N–H and O–H groups in total. The van der Waals surface area contributed by atoms with Crippen LogP contribution >= 0.6 is 11.6 Å². The summed E-state index contributed by atoms with van der Waals surface area (Å²) in [6, 6.07) is 0.617. The van der Waals surface area contributed by atoms with E-state index in [1.165, 1.54) is 0 Å². The Balaban J connectivity index is 2.03. The molecule has 0 amide bonds. The molecule has 0 aliphatic carbocycles. The number of hydrogen-bond acceptors (Lipinski definition) is 3. The summed E-state index contributed by atoms with van der Waals surface area (Å²) in [5, 5.41) is 0.695. The highest BCUT2D eigenvalue weighted by atomic mass is 35.5. The van der Waals surface area contributed by atoms with E-state index in [1.807, 2.05) is 0 Å². The van der Waals surface area contributed by atoms with Gasteiger partial charge in [0.15, 0.2) is 0 Å². The SMILES string of the molecule is CC(C)N1CC(c2ncncc2Cl)C1. The van der Waals surface area contributed by atoms with Gasteiger partial charge in [-0.25, -0.2) is 9.97 Å². The highest BCUT2D eigenvalue weighted by Gasteiger charge is 2.31. The van der Waals surface area contributed by atoms with Crippen molar-refractivity contribution in [3.63, 3.8) is 0 Å². The highest BCUT2D eigenvalue weighted by Crippen LogP contribution is 2.30. The van der Waals surface area contributed by atoms with Crippen LogP contribution < -0.4 is 0 Å². The molecule has 0 atom stereocenters. The first-order valence-electron chi connectivity index (χ1n) is 4.88. The van der Waals surface area contributed by atoms with Crippen molar-refractivity contribution >= 4 is 11.6 Å². The number of aromatic nitrogens is 2. The largest absolute Gasteiger partial charge is 0.300 e. The molecule has 14 heavy (non-hydrogen) atoms. The third-order valence-electron chi connectivity index (χ3n) is 2.72. The highest BCUT2D eigenvalue weighted by molar-refractivity contribution is 6.31. The smallest absolute Gasteiger partial charge is 0.115 e. The van der Waals surface area contributed by atoms with Gasteiger partial charge in [-0.3, -0.25) is 4.90 Å². The summed E-state index contributed by atoms with van der Waals surface area (Å²) in [7, 11) is 0. The summed E-state index contributed by atoms with van der Waals surface area (Å²) in [5.74, 6) is 0.493. The summed E-state index contributed by atoms with van der Waals surface area (Å²) in [5.41, 5.74) is 0.999. The van der Waals surface area contributed by atoms with Crippen molar-refractivity contribution in [2.45, 2.75) is 25.8 Å². The molecule has 76 valence electrons. The van der Waals surface area contributed by atoms with Gasteiger partial charge in [-0.05, 0) is 13.8 Å². The van der Waals surface area contributed by atoms with E-state index in [0.717, 1.165) is 18.8 Å². The second-order valence-electron chi connectivity index (χ2n) is 4.00. The molecule has 0 spiro atoms. The van der Waals surface area contributed by atoms with Crippen LogP contribution in [0.15, 0.2) is 12.5 Å². The van der Waals surface area contributed by atoms with Crippen molar-refractivity contribution in [2.24, 2.45) is 0 Å². The minimum atomic E-state index is 0.493. The number of rotatable bonds is 2. The van der Waals surface area contributed by atoms with Gasteiger partial charge in [0, 0.05) is 31.2 Å². The van der Waals surface area contributed by atoms with E-state index in [-0.39, 0.29) is 0 Å². The van der Waals surface area contributed by atoms with Gasteiger partial charge in [-0.15, -0.1) is 0 Å². The van der Waals surface area contributed by atoms with Gasteiger partial charge in [-0.2, -0.15) is 0 Å². The minimum absolute atomic E-state index is 0.493. The molecule has 1 aromatic heterocycles. The van der Waals surface area contributed by atoms with Gasteiger partial charge < -0.3 is 0 Å². The predicted octanol–water partition coefficient (Wildman–Crippen LogP) is 1.94. The lowest BCUT2D eigenvalue weighted by Crippen LogP contribution is -2.48. The molecule has 2 heterocycles. The van der Waals surface area contributed by atoms with Crippen LogP contribution in [-0.4, -0.2) is 34.0 Å². The second-order valence-corrected chi connectivity index (χ2v) is 4.41. The third-order valence-corrected chi connectivity index (χ3v) is 3.01. The summed E-state index contributed by atoms with van der Waals surface area (Å²) >= 11 is 6.02. The Morgan fingerprint density at radius 2 is 2.21 bits per heavy atom. The molecule has 3 nitrogen and oxygen atoms in total. The van der Waals surface area contributed by atoms with Gasteiger partial charge in [0.1, 0.15) is 6.33 Å². The number of halogens is 1. The molecule has 0 saturated carbocycles. The molecule has 1 aromatic rings. The van der Waals surface area contributed by atoms with Crippen LogP contribution in [0.5, 0.6) is 0 Å². The Bertz CT molecular complexity index is 321. The summed E-state index contributed by atoms with van der Waals surface area (Å²) in [6.45, 7) is 6.54. The average molecular weight is 212 g/mol. The van der Waals surface area contributed by atoms with E-state index in [9.17, 15) is 0 Å². The predicted molar refractivity (Wildman–Crippen MR) is 56.5 cm³/mol. The molecule has 4 heteroatoms. The first-order chi connectivity index (χ1) is 6.68. The molecule has 0 unspecified atom stereocenters.